The number of aryl methyl sites for hydroxylation is 1. The molecule has 1 heterocycles. The maximum atomic E-state index is 12.4. The molecule has 2 amide bonds. The van der Waals surface area contributed by atoms with Crippen LogP contribution in [0, 0.1) is 6.92 Å². The Morgan fingerprint density at radius 2 is 1.68 bits per heavy atom. The number of anilines is 1. The highest BCUT2D eigenvalue weighted by molar-refractivity contribution is 5.89. The number of para-hydroxylation sites is 1. The quantitative estimate of drug-likeness (QED) is 0.343. The van der Waals surface area contributed by atoms with E-state index in [4.69, 9.17) is 4.74 Å². The van der Waals surface area contributed by atoms with Crippen molar-refractivity contribution in [2.45, 2.75) is 19.4 Å². The van der Waals surface area contributed by atoms with Gasteiger partial charge in [0.25, 0.3) is 0 Å². The maximum Gasteiger partial charge on any atom is 0.319 e. The monoisotopic (exact) mass is 415 g/mol. The number of carbonyl (C=O) groups is 1. The van der Waals surface area contributed by atoms with E-state index < -0.39 is 6.04 Å². The summed E-state index contributed by atoms with van der Waals surface area (Å²) in [6, 6.07) is 22.1. The Kier molecular flexibility index (Phi) is 6.19. The van der Waals surface area contributed by atoms with Crippen molar-refractivity contribution in [1.82, 2.24) is 10.3 Å². The third kappa shape index (κ3) is 5.24. The Hall–Kier alpha value is -3.77. The molecule has 0 spiro atoms. The number of aromatic nitrogens is 1. The minimum atomic E-state index is -0.400. The van der Waals surface area contributed by atoms with Crippen LogP contribution in [0.25, 0.3) is 10.9 Å². The minimum Gasteiger partial charge on any atom is -0.457 e. The average molecular weight is 415 g/mol. The van der Waals surface area contributed by atoms with E-state index in [9.17, 15) is 9.90 Å². The predicted octanol–water partition coefficient (Wildman–Crippen LogP) is 4.99. The van der Waals surface area contributed by atoms with E-state index in [1.807, 2.05) is 61.7 Å². The summed E-state index contributed by atoms with van der Waals surface area (Å²) in [5.41, 5.74) is 3.89. The van der Waals surface area contributed by atoms with Gasteiger partial charge in [0.05, 0.1) is 12.6 Å². The summed E-state index contributed by atoms with van der Waals surface area (Å²) < 4.78 is 5.80. The van der Waals surface area contributed by atoms with Crippen LogP contribution in [-0.4, -0.2) is 28.8 Å². The van der Waals surface area contributed by atoms with Crippen LogP contribution in [0.5, 0.6) is 11.5 Å². The number of hydrogen-bond acceptors (Lipinski definition) is 3. The van der Waals surface area contributed by atoms with Gasteiger partial charge in [-0.05, 0) is 61.4 Å². The largest absolute Gasteiger partial charge is 0.457 e. The SMILES string of the molecule is Cc1ccc(Oc2ccc(NC(=O)NC(CO)Cc3c[nH]c4ccccc34)cc2)cc1. The van der Waals surface area contributed by atoms with Crippen LogP contribution in [0.15, 0.2) is 79.0 Å². The molecular weight excluding hydrogens is 390 g/mol. The normalized spacial score (nSPS) is 11.8. The number of urea groups is 1. The summed E-state index contributed by atoms with van der Waals surface area (Å²) in [6.45, 7) is 1.87. The van der Waals surface area contributed by atoms with E-state index in [2.05, 4.69) is 15.6 Å². The summed E-state index contributed by atoms with van der Waals surface area (Å²) in [6.07, 6.45) is 2.44. The number of H-pyrrole nitrogens is 1. The first-order chi connectivity index (χ1) is 15.1. The number of aromatic amines is 1. The van der Waals surface area contributed by atoms with Crippen molar-refractivity contribution in [2.24, 2.45) is 0 Å². The van der Waals surface area contributed by atoms with Crippen molar-refractivity contribution in [2.75, 3.05) is 11.9 Å². The molecule has 1 atom stereocenters. The van der Waals surface area contributed by atoms with Gasteiger partial charge in [-0.1, -0.05) is 35.9 Å². The first kappa shape index (κ1) is 20.5. The summed E-state index contributed by atoms with van der Waals surface area (Å²) in [4.78, 5) is 15.6. The zero-order valence-corrected chi connectivity index (χ0v) is 17.3. The van der Waals surface area contributed by atoms with Crippen molar-refractivity contribution in [3.63, 3.8) is 0 Å². The smallest absolute Gasteiger partial charge is 0.319 e. The molecule has 6 heteroatoms. The fourth-order valence-electron chi connectivity index (χ4n) is 3.43. The molecule has 0 radical (unpaired) electrons. The van der Waals surface area contributed by atoms with Crippen LogP contribution in [0.3, 0.4) is 0 Å². The van der Waals surface area contributed by atoms with Crippen molar-refractivity contribution < 1.29 is 14.6 Å². The highest BCUT2D eigenvalue weighted by atomic mass is 16.5. The van der Waals surface area contributed by atoms with Gasteiger partial charge in [-0.15, -0.1) is 0 Å². The first-order valence-corrected chi connectivity index (χ1v) is 10.2. The minimum absolute atomic E-state index is 0.156. The van der Waals surface area contributed by atoms with Crippen molar-refractivity contribution >= 4 is 22.6 Å². The molecule has 0 saturated heterocycles. The molecule has 0 aliphatic carbocycles. The van der Waals surface area contributed by atoms with E-state index in [1.165, 1.54) is 5.56 Å². The third-order valence-corrected chi connectivity index (χ3v) is 5.07. The van der Waals surface area contributed by atoms with E-state index >= 15 is 0 Å². The van der Waals surface area contributed by atoms with E-state index in [1.54, 1.807) is 24.3 Å². The number of nitrogens with one attached hydrogen (secondary N) is 3. The summed E-state index contributed by atoms with van der Waals surface area (Å²) >= 11 is 0. The van der Waals surface area contributed by atoms with Gasteiger partial charge in [0.2, 0.25) is 0 Å². The van der Waals surface area contributed by atoms with Gasteiger partial charge in [0.15, 0.2) is 0 Å². The van der Waals surface area contributed by atoms with Crippen molar-refractivity contribution in [1.29, 1.82) is 0 Å². The molecule has 1 aromatic heterocycles. The second-order valence-electron chi connectivity index (χ2n) is 7.48. The second-order valence-corrected chi connectivity index (χ2v) is 7.48. The molecule has 0 bridgehead atoms. The zero-order chi connectivity index (χ0) is 21.6. The van der Waals surface area contributed by atoms with Crippen LogP contribution in [0.4, 0.5) is 10.5 Å². The molecule has 0 fully saturated rings. The van der Waals surface area contributed by atoms with Crippen LogP contribution < -0.4 is 15.4 Å². The number of aliphatic hydroxyl groups is 1. The second kappa shape index (κ2) is 9.36. The molecule has 0 aliphatic heterocycles. The van der Waals surface area contributed by atoms with Crippen LogP contribution in [0.2, 0.25) is 0 Å². The Labute approximate surface area is 180 Å². The molecular formula is C25H25N3O3. The lowest BCUT2D eigenvalue weighted by Gasteiger charge is -2.17. The molecule has 4 N–H and O–H groups in total. The van der Waals surface area contributed by atoms with Gasteiger partial charge in [0, 0.05) is 22.8 Å². The molecule has 158 valence electrons. The van der Waals surface area contributed by atoms with E-state index in [0.29, 0.717) is 17.9 Å². The lowest BCUT2D eigenvalue weighted by Crippen LogP contribution is -2.41. The van der Waals surface area contributed by atoms with Crippen LogP contribution >= 0.6 is 0 Å². The number of aliphatic hydroxyl groups excluding tert-OH is 1. The number of ether oxygens (including phenoxy) is 1. The summed E-state index contributed by atoms with van der Waals surface area (Å²) in [7, 11) is 0. The summed E-state index contributed by atoms with van der Waals surface area (Å²) in [5, 5.41) is 16.5. The fraction of sp³-hybridized carbons (Fsp3) is 0.160. The maximum absolute atomic E-state index is 12.4. The first-order valence-electron chi connectivity index (χ1n) is 10.2. The molecule has 3 aromatic carbocycles. The number of carbonyl (C=O) groups excluding carboxylic acids is 1. The Morgan fingerprint density at radius 3 is 2.39 bits per heavy atom. The molecule has 1 unspecified atom stereocenters. The third-order valence-electron chi connectivity index (χ3n) is 5.07. The number of rotatable bonds is 7. The molecule has 4 rings (SSSR count). The lowest BCUT2D eigenvalue weighted by molar-refractivity contribution is 0.224. The highest BCUT2D eigenvalue weighted by Crippen LogP contribution is 2.23. The zero-order valence-electron chi connectivity index (χ0n) is 17.3. The molecule has 0 saturated carbocycles. The van der Waals surface area contributed by atoms with E-state index in [0.717, 1.165) is 22.2 Å². The number of fused-ring (bicyclic) bond motifs is 1. The number of amides is 2. The molecule has 4 aromatic rings. The predicted molar refractivity (Wildman–Crippen MR) is 123 cm³/mol. The standard InChI is InChI=1S/C25H25N3O3/c1-17-6-10-21(11-7-17)31-22-12-8-19(9-13-22)27-25(30)28-20(16-29)14-18-15-26-24-5-3-2-4-23(18)24/h2-13,15,20,26,29H,14,16H2,1H3,(H2,27,28,30). The lowest BCUT2D eigenvalue weighted by atomic mass is 10.1. The topological polar surface area (TPSA) is 86.4 Å². The van der Waals surface area contributed by atoms with Gasteiger partial charge >= 0.3 is 6.03 Å². The van der Waals surface area contributed by atoms with Gasteiger partial charge in [-0.3, -0.25) is 0 Å². The Balaban J connectivity index is 1.33. The highest BCUT2D eigenvalue weighted by Gasteiger charge is 2.14. The van der Waals surface area contributed by atoms with Gasteiger partial charge in [0.1, 0.15) is 11.5 Å². The van der Waals surface area contributed by atoms with Gasteiger partial charge < -0.3 is 25.5 Å². The van der Waals surface area contributed by atoms with Crippen molar-refractivity contribution in [3.05, 3.63) is 90.1 Å². The van der Waals surface area contributed by atoms with E-state index in [-0.39, 0.29) is 12.6 Å². The van der Waals surface area contributed by atoms with Crippen molar-refractivity contribution in [3.8, 4) is 11.5 Å². The Morgan fingerprint density at radius 1 is 1.00 bits per heavy atom. The number of hydrogen-bond donors (Lipinski definition) is 4. The van der Waals surface area contributed by atoms with Crippen LogP contribution in [0.1, 0.15) is 11.1 Å². The average Bonchev–Trinajstić information content (AvgIpc) is 3.19. The Bertz CT molecular complexity index is 1150. The number of benzene rings is 3. The van der Waals surface area contributed by atoms with Gasteiger partial charge in [-0.25, -0.2) is 4.79 Å². The molecule has 31 heavy (non-hydrogen) atoms. The van der Waals surface area contributed by atoms with Crippen LogP contribution in [-0.2, 0) is 6.42 Å². The molecule has 0 aliphatic rings. The summed E-state index contributed by atoms with van der Waals surface area (Å²) in [5.74, 6) is 1.44. The van der Waals surface area contributed by atoms with Gasteiger partial charge in [-0.2, -0.15) is 0 Å². The molecule has 6 nitrogen and oxygen atoms in total. The fourth-order valence-corrected chi connectivity index (χ4v) is 3.43.